The monoisotopic (exact) mass is 558 g/mol. The van der Waals surface area contributed by atoms with Gasteiger partial charge in [0.15, 0.2) is 0 Å². The molecule has 0 saturated heterocycles. The van der Waals surface area contributed by atoms with Crippen LogP contribution in [0.3, 0.4) is 0 Å². The van der Waals surface area contributed by atoms with E-state index < -0.39 is 17.7 Å². The molecule has 4 aromatic rings. The molecule has 0 aliphatic rings. The van der Waals surface area contributed by atoms with Crippen molar-refractivity contribution in [1.29, 1.82) is 0 Å². The fourth-order valence-electron chi connectivity index (χ4n) is 3.19. The minimum Gasteiger partial charge on any atom is -0.422 e. The second-order valence-electron chi connectivity index (χ2n) is 7.37. The molecular formula is C27H14Cl4O5. The quantitative estimate of drug-likeness (QED) is 0.136. The van der Waals surface area contributed by atoms with Crippen molar-refractivity contribution in [3.8, 4) is 11.5 Å². The van der Waals surface area contributed by atoms with Crippen molar-refractivity contribution in [3.05, 3.63) is 127 Å². The SMILES string of the molecule is O=C(Oc1cc(Cl)c(Cl)cc1C(=O)c1cc(Cl)c(Cl)cc1OC(=O)c1ccccc1)c1ccccc1. The Labute approximate surface area is 226 Å². The van der Waals surface area contributed by atoms with E-state index in [9.17, 15) is 14.4 Å². The number of esters is 2. The number of carbonyl (C=O) groups excluding carboxylic acids is 3. The van der Waals surface area contributed by atoms with Crippen LogP contribution in [0.1, 0.15) is 36.6 Å². The first-order valence-electron chi connectivity index (χ1n) is 10.3. The van der Waals surface area contributed by atoms with Crippen molar-refractivity contribution < 1.29 is 23.9 Å². The third-order valence-corrected chi connectivity index (χ3v) is 6.40. The number of hydrogen-bond acceptors (Lipinski definition) is 5. The molecule has 0 heterocycles. The Morgan fingerprint density at radius 1 is 0.500 bits per heavy atom. The van der Waals surface area contributed by atoms with Gasteiger partial charge in [0.1, 0.15) is 11.5 Å². The van der Waals surface area contributed by atoms with Crippen LogP contribution in [-0.2, 0) is 0 Å². The van der Waals surface area contributed by atoms with Gasteiger partial charge in [-0.15, -0.1) is 0 Å². The molecule has 0 radical (unpaired) electrons. The Bertz CT molecular complexity index is 1360. The normalized spacial score (nSPS) is 10.6. The summed E-state index contributed by atoms with van der Waals surface area (Å²) in [6, 6.07) is 21.4. The molecule has 36 heavy (non-hydrogen) atoms. The van der Waals surface area contributed by atoms with Crippen LogP contribution in [0, 0.1) is 0 Å². The summed E-state index contributed by atoms with van der Waals surface area (Å²) in [7, 11) is 0. The Kier molecular flexibility index (Phi) is 7.97. The van der Waals surface area contributed by atoms with Gasteiger partial charge in [0, 0.05) is 12.1 Å². The highest BCUT2D eigenvalue weighted by Crippen LogP contribution is 2.37. The molecule has 0 aliphatic heterocycles. The second-order valence-corrected chi connectivity index (χ2v) is 8.99. The summed E-state index contributed by atoms with van der Waals surface area (Å²) in [5.41, 5.74) is 0.302. The molecular weight excluding hydrogens is 546 g/mol. The van der Waals surface area contributed by atoms with E-state index in [1.54, 1.807) is 60.7 Å². The zero-order chi connectivity index (χ0) is 25.8. The van der Waals surface area contributed by atoms with Gasteiger partial charge in [-0.25, -0.2) is 9.59 Å². The van der Waals surface area contributed by atoms with Gasteiger partial charge in [-0.2, -0.15) is 0 Å². The molecule has 0 unspecified atom stereocenters. The number of benzene rings is 4. The predicted octanol–water partition coefficient (Wildman–Crippen LogP) is 7.97. The van der Waals surface area contributed by atoms with Crippen LogP contribution >= 0.6 is 46.4 Å². The molecule has 0 N–H and O–H groups in total. The highest BCUT2D eigenvalue weighted by atomic mass is 35.5. The van der Waals surface area contributed by atoms with Gasteiger partial charge < -0.3 is 9.47 Å². The minimum atomic E-state index is -0.715. The molecule has 0 bridgehead atoms. The number of ether oxygens (including phenoxy) is 2. The lowest BCUT2D eigenvalue weighted by Crippen LogP contribution is -2.15. The van der Waals surface area contributed by atoms with Crippen LogP contribution in [0.4, 0.5) is 0 Å². The summed E-state index contributed by atoms with van der Waals surface area (Å²) >= 11 is 24.6. The zero-order valence-corrected chi connectivity index (χ0v) is 21.2. The number of hydrogen-bond donors (Lipinski definition) is 0. The lowest BCUT2D eigenvalue weighted by molar-refractivity contribution is 0.0725. The van der Waals surface area contributed by atoms with E-state index in [2.05, 4.69) is 0 Å². The van der Waals surface area contributed by atoms with E-state index in [0.717, 1.165) is 0 Å². The summed E-state index contributed by atoms with van der Waals surface area (Å²) < 4.78 is 11.0. The average Bonchev–Trinajstić information content (AvgIpc) is 2.88. The van der Waals surface area contributed by atoms with Crippen LogP contribution in [0.2, 0.25) is 20.1 Å². The molecule has 0 amide bonds. The molecule has 4 rings (SSSR count). The van der Waals surface area contributed by atoms with Crippen molar-refractivity contribution in [2.24, 2.45) is 0 Å². The number of ketones is 1. The van der Waals surface area contributed by atoms with E-state index in [0.29, 0.717) is 0 Å². The van der Waals surface area contributed by atoms with E-state index in [1.165, 1.54) is 24.3 Å². The van der Waals surface area contributed by atoms with Crippen LogP contribution in [0.15, 0.2) is 84.9 Å². The maximum absolute atomic E-state index is 13.7. The van der Waals surface area contributed by atoms with Gasteiger partial charge in [-0.1, -0.05) is 82.8 Å². The predicted molar refractivity (Wildman–Crippen MR) is 139 cm³/mol. The first kappa shape index (κ1) is 25.7. The van der Waals surface area contributed by atoms with Crippen molar-refractivity contribution in [3.63, 3.8) is 0 Å². The molecule has 0 fully saturated rings. The second kappa shape index (κ2) is 11.1. The van der Waals surface area contributed by atoms with Crippen molar-refractivity contribution >= 4 is 64.1 Å². The molecule has 0 spiro atoms. The van der Waals surface area contributed by atoms with Gasteiger partial charge >= 0.3 is 11.9 Å². The van der Waals surface area contributed by atoms with E-state index >= 15 is 0 Å². The largest absolute Gasteiger partial charge is 0.422 e. The molecule has 9 heteroatoms. The Hall–Kier alpha value is -3.35. The lowest BCUT2D eigenvalue weighted by atomic mass is 10.0. The van der Waals surface area contributed by atoms with Gasteiger partial charge in [-0.3, -0.25) is 4.79 Å². The van der Waals surface area contributed by atoms with Crippen molar-refractivity contribution in [1.82, 2.24) is 0 Å². The third-order valence-electron chi connectivity index (χ3n) is 4.96. The van der Waals surface area contributed by atoms with E-state index in [-0.39, 0.29) is 53.8 Å². The van der Waals surface area contributed by atoms with E-state index in [4.69, 9.17) is 55.9 Å². The van der Waals surface area contributed by atoms with Crippen LogP contribution in [0.5, 0.6) is 11.5 Å². The minimum absolute atomic E-state index is 0.0439. The van der Waals surface area contributed by atoms with E-state index in [1.807, 2.05) is 0 Å². The summed E-state index contributed by atoms with van der Waals surface area (Å²) in [5.74, 6) is -2.41. The first-order valence-corrected chi connectivity index (χ1v) is 11.8. The molecule has 5 nitrogen and oxygen atoms in total. The zero-order valence-electron chi connectivity index (χ0n) is 18.1. The van der Waals surface area contributed by atoms with Crippen LogP contribution < -0.4 is 9.47 Å². The smallest absolute Gasteiger partial charge is 0.343 e. The van der Waals surface area contributed by atoms with Gasteiger partial charge in [0.05, 0.1) is 42.3 Å². The summed E-state index contributed by atoms with van der Waals surface area (Å²) in [5, 5.41) is 0.215. The third kappa shape index (κ3) is 5.72. The standard InChI is InChI=1S/C27H14Cl4O5/c28-19-11-17(23(13-21(19)30)35-26(33)15-7-3-1-4-8-15)25(32)18-12-20(29)22(31)14-24(18)36-27(34)16-9-5-2-6-10-16/h1-14H. The van der Waals surface area contributed by atoms with Crippen molar-refractivity contribution in [2.75, 3.05) is 0 Å². The molecule has 4 aromatic carbocycles. The summed E-state index contributed by atoms with van der Waals surface area (Å²) in [6.07, 6.45) is 0. The fourth-order valence-corrected chi connectivity index (χ4v) is 3.83. The van der Waals surface area contributed by atoms with Gasteiger partial charge in [-0.05, 0) is 36.4 Å². The lowest BCUT2D eigenvalue weighted by Gasteiger charge is -2.14. The molecule has 0 aliphatic carbocycles. The van der Waals surface area contributed by atoms with Gasteiger partial charge in [0.25, 0.3) is 0 Å². The highest BCUT2D eigenvalue weighted by Gasteiger charge is 2.25. The van der Waals surface area contributed by atoms with Crippen molar-refractivity contribution in [2.45, 2.75) is 0 Å². The average molecular weight is 560 g/mol. The molecule has 180 valence electrons. The number of halogens is 4. The first-order chi connectivity index (χ1) is 17.2. The number of carbonyl (C=O) groups is 3. The maximum atomic E-state index is 13.7. The van der Waals surface area contributed by atoms with Crippen LogP contribution in [0.25, 0.3) is 0 Å². The number of rotatable bonds is 6. The highest BCUT2D eigenvalue weighted by molar-refractivity contribution is 6.43. The maximum Gasteiger partial charge on any atom is 0.343 e. The molecule has 0 saturated carbocycles. The summed E-state index contributed by atoms with van der Waals surface area (Å²) in [4.78, 5) is 39.0. The Morgan fingerprint density at radius 2 is 0.833 bits per heavy atom. The van der Waals surface area contributed by atoms with Gasteiger partial charge in [0.2, 0.25) is 5.78 Å². The van der Waals surface area contributed by atoms with Crippen LogP contribution in [-0.4, -0.2) is 17.7 Å². The fraction of sp³-hybridized carbons (Fsp3) is 0. The molecule has 0 atom stereocenters. The molecule has 0 aromatic heterocycles. The topological polar surface area (TPSA) is 69.7 Å². The Morgan fingerprint density at radius 3 is 1.19 bits per heavy atom. The summed E-state index contributed by atoms with van der Waals surface area (Å²) in [6.45, 7) is 0. The Balaban J connectivity index is 1.76.